The standard InChI is InChI=1S/C15H15ClN2O/c1-3-12-9(2)14(16)18-15(17-12)11-4-5-13-10(8-11)6-7-19-13/h4-5,8H,3,6-7H2,1-2H3. The first-order valence-electron chi connectivity index (χ1n) is 6.48. The zero-order valence-electron chi connectivity index (χ0n) is 11.0. The molecule has 1 aromatic heterocycles. The van der Waals surface area contributed by atoms with Gasteiger partial charge in [0.2, 0.25) is 0 Å². The Morgan fingerprint density at radius 1 is 1.32 bits per heavy atom. The maximum Gasteiger partial charge on any atom is 0.161 e. The summed E-state index contributed by atoms with van der Waals surface area (Å²) in [4.78, 5) is 9.00. The second kappa shape index (κ2) is 4.82. The number of hydrogen-bond acceptors (Lipinski definition) is 3. The Morgan fingerprint density at radius 2 is 2.16 bits per heavy atom. The molecule has 1 aliphatic rings. The minimum absolute atomic E-state index is 0.540. The van der Waals surface area contributed by atoms with Crippen molar-refractivity contribution < 1.29 is 4.74 Å². The summed E-state index contributed by atoms with van der Waals surface area (Å²) in [6.07, 6.45) is 1.80. The van der Waals surface area contributed by atoms with Crippen LogP contribution in [0, 0.1) is 6.92 Å². The van der Waals surface area contributed by atoms with Crippen LogP contribution in [-0.2, 0) is 12.8 Å². The third-order valence-electron chi connectivity index (χ3n) is 3.47. The molecule has 19 heavy (non-hydrogen) atoms. The zero-order chi connectivity index (χ0) is 13.4. The highest BCUT2D eigenvalue weighted by molar-refractivity contribution is 6.30. The maximum absolute atomic E-state index is 6.19. The van der Waals surface area contributed by atoms with Crippen molar-refractivity contribution in [1.82, 2.24) is 9.97 Å². The van der Waals surface area contributed by atoms with Crippen molar-refractivity contribution in [2.75, 3.05) is 6.61 Å². The van der Waals surface area contributed by atoms with Crippen LogP contribution in [0.25, 0.3) is 11.4 Å². The van der Waals surface area contributed by atoms with E-state index in [1.54, 1.807) is 0 Å². The SMILES string of the molecule is CCc1nc(-c2ccc3c(c2)CCO3)nc(Cl)c1C. The second-order valence-corrected chi connectivity index (χ2v) is 5.04. The van der Waals surface area contributed by atoms with Crippen LogP contribution in [0.4, 0.5) is 0 Å². The number of rotatable bonds is 2. The van der Waals surface area contributed by atoms with Crippen LogP contribution >= 0.6 is 11.6 Å². The highest BCUT2D eigenvalue weighted by Gasteiger charge is 2.15. The summed E-state index contributed by atoms with van der Waals surface area (Å²) in [7, 11) is 0. The van der Waals surface area contributed by atoms with Gasteiger partial charge in [-0.3, -0.25) is 0 Å². The van der Waals surface area contributed by atoms with Gasteiger partial charge in [0.1, 0.15) is 10.9 Å². The van der Waals surface area contributed by atoms with Gasteiger partial charge in [-0.1, -0.05) is 18.5 Å². The van der Waals surface area contributed by atoms with Crippen molar-refractivity contribution in [2.24, 2.45) is 0 Å². The molecule has 3 rings (SSSR count). The van der Waals surface area contributed by atoms with E-state index in [1.165, 1.54) is 5.56 Å². The molecule has 0 radical (unpaired) electrons. The summed E-state index contributed by atoms with van der Waals surface area (Å²) >= 11 is 6.19. The number of aryl methyl sites for hydroxylation is 1. The minimum Gasteiger partial charge on any atom is -0.493 e. The molecule has 0 saturated carbocycles. The third kappa shape index (κ3) is 2.19. The molecule has 2 aromatic rings. The summed E-state index contributed by atoms with van der Waals surface area (Å²) in [5.74, 6) is 1.67. The van der Waals surface area contributed by atoms with Gasteiger partial charge in [-0.2, -0.15) is 0 Å². The van der Waals surface area contributed by atoms with E-state index in [4.69, 9.17) is 16.3 Å². The molecule has 3 nitrogen and oxygen atoms in total. The Kier molecular flexibility index (Phi) is 3.15. The fourth-order valence-corrected chi connectivity index (χ4v) is 2.52. The number of aromatic nitrogens is 2. The molecular weight excluding hydrogens is 260 g/mol. The van der Waals surface area contributed by atoms with E-state index in [1.807, 2.05) is 19.1 Å². The summed E-state index contributed by atoms with van der Waals surface area (Å²) in [5.41, 5.74) is 4.20. The van der Waals surface area contributed by atoms with Crippen LogP contribution in [0.3, 0.4) is 0 Å². The predicted octanol–water partition coefficient (Wildman–Crippen LogP) is 3.60. The van der Waals surface area contributed by atoms with E-state index in [0.717, 1.165) is 42.0 Å². The van der Waals surface area contributed by atoms with Crippen LogP contribution in [0.15, 0.2) is 18.2 Å². The summed E-state index contributed by atoms with van der Waals surface area (Å²) in [6, 6.07) is 6.08. The molecule has 0 amide bonds. The lowest BCUT2D eigenvalue weighted by atomic mass is 10.1. The van der Waals surface area contributed by atoms with E-state index >= 15 is 0 Å². The molecule has 0 saturated heterocycles. The van der Waals surface area contributed by atoms with Gasteiger partial charge in [0.05, 0.1) is 6.61 Å². The number of benzene rings is 1. The molecule has 1 aliphatic heterocycles. The third-order valence-corrected chi connectivity index (χ3v) is 3.84. The molecule has 0 bridgehead atoms. The molecule has 98 valence electrons. The molecule has 1 aromatic carbocycles. The van der Waals surface area contributed by atoms with Crippen molar-refractivity contribution in [3.63, 3.8) is 0 Å². The van der Waals surface area contributed by atoms with Gasteiger partial charge < -0.3 is 4.74 Å². The van der Waals surface area contributed by atoms with Gasteiger partial charge in [-0.05, 0) is 37.1 Å². The normalized spacial score (nSPS) is 13.2. The van der Waals surface area contributed by atoms with E-state index in [9.17, 15) is 0 Å². The van der Waals surface area contributed by atoms with E-state index in [0.29, 0.717) is 11.0 Å². The van der Waals surface area contributed by atoms with Gasteiger partial charge in [0.15, 0.2) is 5.82 Å². The Morgan fingerprint density at radius 3 is 2.95 bits per heavy atom. The number of fused-ring (bicyclic) bond motifs is 1. The van der Waals surface area contributed by atoms with Gasteiger partial charge in [0, 0.05) is 23.2 Å². The summed E-state index contributed by atoms with van der Waals surface area (Å²) in [5, 5.41) is 0.540. The van der Waals surface area contributed by atoms with Crippen molar-refractivity contribution in [1.29, 1.82) is 0 Å². The zero-order valence-corrected chi connectivity index (χ0v) is 11.8. The fourth-order valence-electron chi connectivity index (χ4n) is 2.33. The highest BCUT2D eigenvalue weighted by atomic mass is 35.5. The van der Waals surface area contributed by atoms with Crippen LogP contribution in [0.1, 0.15) is 23.7 Å². The lowest BCUT2D eigenvalue weighted by Gasteiger charge is -2.08. The van der Waals surface area contributed by atoms with Crippen LogP contribution in [0.5, 0.6) is 5.75 Å². The predicted molar refractivity (Wildman–Crippen MR) is 75.8 cm³/mol. The topological polar surface area (TPSA) is 35.0 Å². The molecule has 0 unspecified atom stereocenters. The molecular formula is C15H15ClN2O. The number of halogens is 1. The Balaban J connectivity index is 2.09. The summed E-state index contributed by atoms with van der Waals surface area (Å²) < 4.78 is 5.51. The monoisotopic (exact) mass is 274 g/mol. The molecule has 0 atom stereocenters. The van der Waals surface area contributed by atoms with Gasteiger partial charge in [-0.25, -0.2) is 9.97 Å². The van der Waals surface area contributed by atoms with Crippen molar-refractivity contribution in [3.8, 4) is 17.1 Å². The first-order chi connectivity index (χ1) is 9.19. The van der Waals surface area contributed by atoms with Crippen molar-refractivity contribution >= 4 is 11.6 Å². The average molecular weight is 275 g/mol. The van der Waals surface area contributed by atoms with Gasteiger partial charge in [0.25, 0.3) is 0 Å². The Hall–Kier alpha value is -1.61. The van der Waals surface area contributed by atoms with Crippen molar-refractivity contribution in [2.45, 2.75) is 26.7 Å². The lowest BCUT2D eigenvalue weighted by molar-refractivity contribution is 0.357. The van der Waals surface area contributed by atoms with Crippen LogP contribution < -0.4 is 4.74 Å². The van der Waals surface area contributed by atoms with Crippen molar-refractivity contribution in [3.05, 3.63) is 40.2 Å². The molecule has 4 heteroatoms. The molecule has 0 fully saturated rings. The molecule has 0 N–H and O–H groups in total. The highest BCUT2D eigenvalue weighted by Crippen LogP contribution is 2.30. The Labute approximate surface area is 117 Å². The largest absolute Gasteiger partial charge is 0.493 e. The first-order valence-corrected chi connectivity index (χ1v) is 6.86. The first kappa shape index (κ1) is 12.4. The number of nitrogens with zero attached hydrogens (tertiary/aromatic N) is 2. The van der Waals surface area contributed by atoms with Gasteiger partial charge >= 0.3 is 0 Å². The Bertz CT molecular complexity index is 640. The second-order valence-electron chi connectivity index (χ2n) is 4.68. The van der Waals surface area contributed by atoms with Gasteiger partial charge in [-0.15, -0.1) is 0 Å². The number of hydrogen-bond donors (Lipinski definition) is 0. The lowest BCUT2D eigenvalue weighted by Crippen LogP contribution is -1.99. The number of ether oxygens (including phenoxy) is 1. The quantitative estimate of drug-likeness (QED) is 0.785. The van der Waals surface area contributed by atoms with E-state index in [-0.39, 0.29) is 0 Å². The van der Waals surface area contributed by atoms with Crippen LogP contribution in [0.2, 0.25) is 5.15 Å². The fraction of sp³-hybridized carbons (Fsp3) is 0.333. The summed E-state index contributed by atoms with van der Waals surface area (Å²) in [6.45, 7) is 4.79. The van der Waals surface area contributed by atoms with Crippen LogP contribution in [-0.4, -0.2) is 16.6 Å². The van der Waals surface area contributed by atoms with E-state index < -0.39 is 0 Å². The minimum atomic E-state index is 0.540. The maximum atomic E-state index is 6.19. The van der Waals surface area contributed by atoms with E-state index in [2.05, 4.69) is 23.0 Å². The molecule has 0 aliphatic carbocycles. The molecule has 0 spiro atoms. The smallest absolute Gasteiger partial charge is 0.161 e. The average Bonchev–Trinajstić information content (AvgIpc) is 2.89. The molecule has 2 heterocycles.